The number of hydrogen-bond donors (Lipinski definition) is 1. The van der Waals surface area contributed by atoms with Crippen LogP contribution in [0.25, 0.3) is 0 Å². The number of hydrogen-bond acceptors (Lipinski definition) is 3. The molecule has 0 aliphatic carbocycles. The molecule has 4 nitrogen and oxygen atoms in total. The molecule has 1 atom stereocenters. The third-order valence-corrected chi connectivity index (χ3v) is 5.26. The molecule has 2 fully saturated rings. The summed E-state index contributed by atoms with van der Waals surface area (Å²) in [6, 6.07) is 6.68. The molecule has 2 saturated heterocycles. The monoisotopic (exact) mass is 316 g/mol. The summed E-state index contributed by atoms with van der Waals surface area (Å²) in [7, 11) is 0. The van der Waals surface area contributed by atoms with E-state index < -0.39 is 0 Å². The van der Waals surface area contributed by atoms with Crippen LogP contribution in [0.15, 0.2) is 18.2 Å². The number of benzene rings is 1. The first kappa shape index (κ1) is 16.5. The first-order valence-corrected chi connectivity index (χ1v) is 8.80. The summed E-state index contributed by atoms with van der Waals surface area (Å²) in [5, 5.41) is 3.14. The number of piperidine rings is 1. The Labute approximate surface area is 139 Å². The minimum Gasteiger partial charge on any atom is -0.380 e. The van der Waals surface area contributed by atoms with E-state index in [1.807, 2.05) is 26.0 Å². The molecule has 1 aromatic carbocycles. The maximum absolute atomic E-state index is 12.4. The lowest BCUT2D eigenvalue weighted by Crippen LogP contribution is -2.44. The van der Waals surface area contributed by atoms with Crippen molar-refractivity contribution in [2.75, 3.05) is 32.8 Å². The Kier molecular flexibility index (Phi) is 5.34. The molecule has 4 heteroatoms. The van der Waals surface area contributed by atoms with Crippen molar-refractivity contribution in [3.63, 3.8) is 0 Å². The number of carbonyl (C=O) groups is 1. The van der Waals surface area contributed by atoms with E-state index in [0.717, 1.165) is 49.5 Å². The smallest absolute Gasteiger partial charge is 0.251 e. The van der Waals surface area contributed by atoms with Gasteiger partial charge in [0.1, 0.15) is 0 Å². The summed E-state index contributed by atoms with van der Waals surface area (Å²) < 4.78 is 5.49. The highest BCUT2D eigenvalue weighted by atomic mass is 16.5. The van der Waals surface area contributed by atoms with E-state index in [2.05, 4.69) is 16.3 Å². The molecule has 0 saturated carbocycles. The van der Waals surface area contributed by atoms with Crippen LogP contribution < -0.4 is 5.32 Å². The number of ether oxygens (including phenoxy) is 1. The number of carbonyl (C=O) groups excluding carboxylic acids is 1. The van der Waals surface area contributed by atoms with Gasteiger partial charge in [0.05, 0.1) is 6.61 Å². The zero-order chi connectivity index (χ0) is 16.2. The molecule has 23 heavy (non-hydrogen) atoms. The lowest BCUT2D eigenvalue weighted by atomic mass is 9.95. The number of rotatable bonds is 4. The van der Waals surface area contributed by atoms with Crippen LogP contribution in [0.1, 0.15) is 40.7 Å². The van der Waals surface area contributed by atoms with E-state index in [9.17, 15) is 4.79 Å². The van der Waals surface area contributed by atoms with Crippen molar-refractivity contribution in [1.29, 1.82) is 0 Å². The molecular formula is C19H28N2O2. The predicted molar refractivity (Wildman–Crippen MR) is 91.8 cm³/mol. The molecule has 1 amide bonds. The van der Waals surface area contributed by atoms with Crippen LogP contribution in [-0.2, 0) is 4.74 Å². The standard InChI is InChI=1S/C19H28N2O2/c1-14-3-4-15(2)18(11-14)19(22)20-12-16-5-8-21(9-6-16)17-7-10-23-13-17/h3-4,11,16-17H,5-10,12-13H2,1-2H3,(H,20,22). The first-order valence-electron chi connectivity index (χ1n) is 8.80. The third kappa shape index (κ3) is 4.12. The van der Waals surface area contributed by atoms with Crippen LogP contribution in [0.5, 0.6) is 0 Å². The van der Waals surface area contributed by atoms with Gasteiger partial charge in [-0.2, -0.15) is 0 Å². The van der Waals surface area contributed by atoms with Crippen LogP contribution >= 0.6 is 0 Å². The largest absolute Gasteiger partial charge is 0.380 e. The summed E-state index contributed by atoms with van der Waals surface area (Å²) in [4.78, 5) is 15.0. The summed E-state index contributed by atoms with van der Waals surface area (Å²) in [5.41, 5.74) is 2.99. The molecule has 1 N–H and O–H groups in total. The summed E-state index contributed by atoms with van der Waals surface area (Å²) >= 11 is 0. The van der Waals surface area contributed by atoms with E-state index in [-0.39, 0.29) is 5.91 Å². The highest BCUT2D eigenvalue weighted by molar-refractivity contribution is 5.95. The van der Waals surface area contributed by atoms with Crippen molar-refractivity contribution >= 4 is 5.91 Å². The SMILES string of the molecule is Cc1ccc(C)c(C(=O)NCC2CCN(C3CCOC3)CC2)c1. The second kappa shape index (κ2) is 7.45. The number of aryl methyl sites for hydroxylation is 2. The van der Waals surface area contributed by atoms with Crippen molar-refractivity contribution in [1.82, 2.24) is 10.2 Å². The molecule has 1 unspecified atom stereocenters. The third-order valence-electron chi connectivity index (χ3n) is 5.26. The van der Waals surface area contributed by atoms with Crippen molar-refractivity contribution in [3.05, 3.63) is 34.9 Å². The molecule has 2 aliphatic heterocycles. The van der Waals surface area contributed by atoms with Gasteiger partial charge in [-0.3, -0.25) is 9.69 Å². The number of likely N-dealkylation sites (tertiary alicyclic amines) is 1. The Morgan fingerprint density at radius 2 is 2.04 bits per heavy atom. The van der Waals surface area contributed by atoms with Crippen LogP contribution in [0, 0.1) is 19.8 Å². The molecular weight excluding hydrogens is 288 g/mol. The van der Waals surface area contributed by atoms with Gasteiger partial charge in [0.15, 0.2) is 0 Å². The van der Waals surface area contributed by atoms with Crippen LogP contribution in [0.4, 0.5) is 0 Å². The molecule has 0 spiro atoms. The molecule has 0 radical (unpaired) electrons. The second-order valence-electron chi connectivity index (χ2n) is 7.03. The van der Waals surface area contributed by atoms with Gasteiger partial charge in [-0.05, 0) is 63.7 Å². The fourth-order valence-electron chi connectivity index (χ4n) is 3.64. The van der Waals surface area contributed by atoms with Crippen molar-refractivity contribution in [2.24, 2.45) is 5.92 Å². The maximum Gasteiger partial charge on any atom is 0.251 e. The molecule has 2 aliphatic rings. The summed E-state index contributed by atoms with van der Waals surface area (Å²) in [6.07, 6.45) is 3.52. The Balaban J connectivity index is 1.46. The zero-order valence-corrected chi connectivity index (χ0v) is 14.3. The molecule has 2 heterocycles. The molecule has 1 aromatic rings. The van der Waals surface area contributed by atoms with Gasteiger partial charge in [-0.15, -0.1) is 0 Å². The van der Waals surface area contributed by atoms with Gasteiger partial charge in [-0.1, -0.05) is 17.7 Å². The van der Waals surface area contributed by atoms with E-state index in [1.54, 1.807) is 0 Å². The average molecular weight is 316 g/mol. The second-order valence-corrected chi connectivity index (χ2v) is 7.03. The van der Waals surface area contributed by atoms with Gasteiger partial charge < -0.3 is 10.1 Å². The van der Waals surface area contributed by atoms with E-state index in [1.165, 1.54) is 19.3 Å². The zero-order valence-electron chi connectivity index (χ0n) is 14.3. The van der Waals surface area contributed by atoms with E-state index in [0.29, 0.717) is 12.0 Å². The lowest BCUT2D eigenvalue weighted by molar-refractivity contribution is 0.0910. The number of nitrogens with one attached hydrogen (secondary N) is 1. The lowest BCUT2D eigenvalue weighted by Gasteiger charge is -2.35. The summed E-state index contributed by atoms with van der Waals surface area (Å²) in [6.45, 7) is 8.90. The summed E-state index contributed by atoms with van der Waals surface area (Å²) in [5.74, 6) is 0.667. The Morgan fingerprint density at radius 1 is 1.26 bits per heavy atom. The van der Waals surface area contributed by atoms with Crippen molar-refractivity contribution < 1.29 is 9.53 Å². The first-order chi connectivity index (χ1) is 11.1. The quantitative estimate of drug-likeness (QED) is 0.928. The van der Waals surface area contributed by atoms with Crippen molar-refractivity contribution in [3.8, 4) is 0 Å². The average Bonchev–Trinajstić information content (AvgIpc) is 3.10. The highest BCUT2D eigenvalue weighted by Gasteiger charge is 2.27. The Hall–Kier alpha value is -1.39. The molecule has 126 valence electrons. The maximum atomic E-state index is 12.4. The Bertz CT molecular complexity index is 544. The minimum absolute atomic E-state index is 0.0674. The van der Waals surface area contributed by atoms with Crippen LogP contribution in [0.2, 0.25) is 0 Å². The fourth-order valence-corrected chi connectivity index (χ4v) is 3.64. The molecule has 0 aromatic heterocycles. The van der Waals surface area contributed by atoms with E-state index in [4.69, 9.17) is 4.74 Å². The fraction of sp³-hybridized carbons (Fsp3) is 0.632. The number of nitrogens with zero attached hydrogens (tertiary/aromatic N) is 1. The van der Waals surface area contributed by atoms with Gasteiger partial charge in [-0.25, -0.2) is 0 Å². The molecule has 0 bridgehead atoms. The predicted octanol–water partition coefficient (Wildman–Crippen LogP) is 2.53. The van der Waals surface area contributed by atoms with E-state index >= 15 is 0 Å². The normalized spacial score (nSPS) is 23.1. The van der Waals surface area contributed by atoms with Crippen molar-refractivity contribution in [2.45, 2.75) is 39.2 Å². The van der Waals surface area contributed by atoms with Crippen LogP contribution in [-0.4, -0.2) is 49.7 Å². The highest BCUT2D eigenvalue weighted by Crippen LogP contribution is 2.22. The number of amides is 1. The Morgan fingerprint density at radius 3 is 2.74 bits per heavy atom. The molecule has 3 rings (SSSR count). The topological polar surface area (TPSA) is 41.6 Å². The van der Waals surface area contributed by atoms with Gasteiger partial charge in [0.25, 0.3) is 5.91 Å². The van der Waals surface area contributed by atoms with Crippen LogP contribution in [0.3, 0.4) is 0 Å². The van der Waals surface area contributed by atoms with Gasteiger partial charge in [0.2, 0.25) is 0 Å². The van der Waals surface area contributed by atoms with Gasteiger partial charge in [0, 0.05) is 24.8 Å². The van der Waals surface area contributed by atoms with Gasteiger partial charge >= 0.3 is 0 Å². The minimum atomic E-state index is 0.0674.